The first kappa shape index (κ1) is 22.4. The Balaban J connectivity index is 2.23. The molecule has 2 aromatic carbocycles. The van der Waals surface area contributed by atoms with Crippen molar-refractivity contribution >= 4 is 17.7 Å². The van der Waals surface area contributed by atoms with Crippen molar-refractivity contribution in [2.75, 3.05) is 12.4 Å². The lowest BCUT2D eigenvalue weighted by Gasteiger charge is -2.19. The van der Waals surface area contributed by atoms with Crippen LogP contribution in [0.2, 0.25) is 0 Å². The Morgan fingerprint density at radius 2 is 1.62 bits per heavy atom. The van der Waals surface area contributed by atoms with Gasteiger partial charge in [0.15, 0.2) is 11.5 Å². The minimum Gasteiger partial charge on any atom is -0.493 e. The van der Waals surface area contributed by atoms with Gasteiger partial charge in [-0.1, -0.05) is 52.0 Å². The second kappa shape index (κ2) is 10.0. The highest BCUT2D eigenvalue weighted by Crippen LogP contribution is 2.33. The van der Waals surface area contributed by atoms with Gasteiger partial charge in [-0.25, -0.2) is 0 Å². The number of ether oxygens (including phenoxy) is 2. The number of amides is 1. The molecule has 0 aliphatic rings. The summed E-state index contributed by atoms with van der Waals surface area (Å²) in [6.07, 6.45) is 3.00. The average Bonchev–Trinajstić information content (AvgIpc) is 2.66. The third-order valence-electron chi connectivity index (χ3n) is 4.45. The van der Waals surface area contributed by atoms with E-state index in [1.807, 2.05) is 18.2 Å². The van der Waals surface area contributed by atoms with E-state index in [-0.39, 0.29) is 29.2 Å². The van der Waals surface area contributed by atoms with Crippen LogP contribution in [-0.2, 0) is 4.79 Å². The number of rotatable bonds is 8. The number of carbonyl (C=O) groups excluding carboxylic acids is 1. The summed E-state index contributed by atoms with van der Waals surface area (Å²) in [7, 11) is 1.37. The van der Waals surface area contributed by atoms with E-state index in [0.29, 0.717) is 5.56 Å². The first-order valence-electron chi connectivity index (χ1n) is 9.47. The molecule has 0 fully saturated rings. The Morgan fingerprint density at radius 1 is 1.00 bits per heavy atom. The molecule has 0 saturated carbocycles. The number of alkyl halides is 2. The highest BCUT2D eigenvalue weighted by molar-refractivity contribution is 6.03. The molecule has 0 aliphatic carbocycles. The summed E-state index contributed by atoms with van der Waals surface area (Å²) in [5, 5.41) is 3.00. The standard InChI is InChI=1S/C23H27F2NO3/c1-14(2)17-7-6-8-18(15(3)4)22(17)26-21(27)12-10-16-9-11-19(29-23(24)25)20(13-16)28-5/h6-15,23H,1-5H3,(H,26,27)/b12-10-. The van der Waals surface area contributed by atoms with Gasteiger partial charge in [-0.3, -0.25) is 4.79 Å². The SMILES string of the molecule is COc1cc(/C=C\C(=O)Nc2c(C(C)C)cccc2C(C)C)ccc1OC(F)F. The third kappa shape index (κ3) is 6.04. The van der Waals surface area contributed by atoms with E-state index in [4.69, 9.17) is 4.74 Å². The van der Waals surface area contributed by atoms with E-state index in [0.717, 1.165) is 16.8 Å². The normalized spacial score (nSPS) is 11.5. The van der Waals surface area contributed by atoms with Crippen LogP contribution in [0.25, 0.3) is 6.08 Å². The molecule has 4 nitrogen and oxygen atoms in total. The Kier molecular flexibility index (Phi) is 7.76. The summed E-state index contributed by atoms with van der Waals surface area (Å²) >= 11 is 0. The summed E-state index contributed by atoms with van der Waals surface area (Å²) in [6, 6.07) is 10.5. The summed E-state index contributed by atoms with van der Waals surface area (Å²) in [4.78, 5) is 12.5. The number of anilines is 1. The Hall–Kier alpha value is -2.89. The lowest BCUT2D eigenvalue weighted by Crippen LogP contribution is -2.13. The molecule has 2 rings (SSSR count). The number of methoxy groups -OCH3 is 1. The smallest absolute Gasteiger partial charge is 0.387 e. The lowest BCUT2D eigenvalue weighted by atomic mass is 9.92. The highest BCUT2D eigenvalue weighted by atomic mass is 19.3. The topological polar surface area (TPSA) is 47.6 Å². The Bertz CT molecular complexity index is 850. The first-order chi connectivity index (χ1) is 13.7. The molecule has 1 amide bonds. The number of hydrogen-bond donors (Lipinski definition) is 1. The summed E-state index contributed by atoms with van der Waals surface area (Å²) in [5.74, 6) is 0.364. The maximum absolute atomic E-state index is 12.5. The van der Waals surface area contributed by atoms with E-state index in [9.17, 15) is 13.6 Å². The van der Waals surface area contributed by atoms with Crippen molar-refractivity contribution in [3.05, 3.63) is 59.2 Å². The average molecular weight is 403 g/mol. The van der Waals surface area contributed by atoms with Crippen LogP contribution >= 0.6 is 0 Å². The van der Waals surface area contributed by atoms with Crippen molar-refractivity contribution in [1.29, 1.82) is 0 Å². The number of halogens is 2. The molecule has 1 N–H and O–H groups in total. The predicted octanol–water partition coefficient (Wildman–Crippen LogP) is 6.20. The van der Waals surface area contributed by atoms with Gasteiger partial charge in [-0.05, 0) is 46.7 Å². The fourth-order valence-electron chi connectivity index (χ4n) is 3.01. The molecule has 0 spiro atoms. The molecule has 0 unspecified atom stereocenters. The van der Waals surface area contributed by atoms with Gasteiger partial charge in [0.1, 0.15) is 0 Å². The second-order valence-electron chi connectivity index (χ2n) is 7.23. The monoisotopic (exact) mass is 403 g/mol. The summed E-state index contributed by atoms with van der Waals surface area (Å²) < 4.78 is 34.4. The van der Waals surface area contributed by atoms with Gasteiger partial charge in [-0.2, -0.15) is 8.78 Å². The van der Waals surface area contributed by atoms with Crippen molar-refractivity contribution in [1.82, 2.24) is 0 Å². The predicted molar refractivity (Wildman–Crippen MR) is 112 cm³/mol. The largest absolute Gasteiger partial charge is 0.493 e. The molecule has 0 radical (unpaired) electrons. The number of para-hydroxylation sites is 1. The van der Waals surface area contributed by atoms with Gasteiger partial charge in [0, 0.05) is 11.8 Å². The molecule has 0 saturated heterocycles. The second-order valence-corrected chi connectivity index (χ2v) is 7.23. The number of nitrogens with one attached hydrogen (secondary N) is 1. The molecule has 0 bridgehead atoms. The maximum atomic E-state index is 12.5. The summed E-state index contributed by atoms with van der Waals surface area (Å²) in [5.41, 5.74) is 3.62. The van der Waals surface area contributed by atoms with Crippen LogP contribution in [0.3, 0.4) is 0 Å². The zero-order chi connectivity index (χ0) is 21.6. The molecule has 0 aromatic heterocycles. The van der Waals surface area contributed by atoms with Crippen molar-refractivity contribution in [2.24, 2.45) is 0 Å². The quantitative estimate of drug-likeness (QED) is 0.534. The lowest BCUT2D eigenvalue weighted by molar-refractivity contribution is -0.111. The van der Waals surface area contributed by atoms with Crippen LogP contribution in [0.5, 0.6) is 11.5 Å². The molecule has 0 aliphatic heterocycles. The van der Waals surface area contributed by atoms with Gasteiger partial charge in [0.2, 0.25) is 5.91 Å². The van der Waals surface area contributed by atoms with E-state index in [1.54, 1.807) is 12.1 Å². The molecule has 29 heavy (non-hydrogen) atoms. The first-order valence-corrected chi connectivity index (χ1v) is 9.47. The minimum absolute atomic E-state index is 0.0588. The molecule has 0 heterocycles. The van der Waals surface area contributed by atoms with Crippen LogP contribution in [0.1, 0.15) is 56.2 Å². The maximum Gasteiger partial charge on any atom is 0.387 e. The van der Waals surface area contributed by atoms with Gasteiger partial charge in [0.05, 0.1) is 7.11 Å². The van der Waals surface area contributed by atoms with Crippen LogP contribution in [0, 0.1) is 0 Å². The molecule has 6 heteroatoms. The molecular formula is C23H27F2NO3. The fraction of sp³-hybridized carbons (Fsp3) is 0.348. The van der Waals surface area contributed by atoms with Gasteiger partial charge < -0.3 is 14.8 Å². The Labute approximate surface area is 170 Å². The zero-order valence-electron chi connectivity index (χ0n) is 17.3. The third-order valence-corrected chi connectivity index (χ3v) is 4.45. The van der Waals surface area contributed by atoms with E-state index >= 15 is 0 Å². The van der Waals surface area contributed by atoms with Crippen LogP contribution in [-0.4, -0.2) is 19.6 Å². The number of hydrogen-bond acceptors (Lipinski definition) is 3. The summed E-state index contributed by atoms with van der Waals surface area (Å²) in [6.45, 7) is 5.40. The molecule has 2 aromatic rings. The van der Waals surface area contributed by atoms with E-state index in [2.05, 4.69) is 37.7 Å². The zero-order valence-corrected chi connectivity index (χ0v) is 17.3. The fourth-order valence-corrected chi connectivity index (χ4v) is 3.01. The van der Waals surface area contributed by atoms with Crippen LogP contribution in [0.15, 0.2) is 42.5 Å². The van der Waals surface area contributed by atoms with Gasteiger partial charge in [-0.15, -0.1) is 0 Å². The Morgan fingerprint density at radius 3 is 2.14 bits per heavy atom. The number of benzene rings is 2. The van der Waals surface area contributed by atoms with Crippen molar-refractivity contribution in [3.63, 3.8) is 0 Å². The van der Waals surface area contributed by atoms with Crippen LogP contribution < -0.4 is 14.8 Å². The van der Waals surface area contributed by atoms with E-state index in [1.165, 1.54) is 25.3 Å². The molecule has 156 valence electrons. The van der Waals surface area contributed by atoms with Crippen molar-refractivity contribution < 1.29 is 23.0 Å². The van der Waals surface area contributed by atoms with Gasteiger partial charge in [0.25, 0.3) is 0 Å². The van der Waals surface area contributed by atoms with Crippen LogP contribution in [0.4, 0.5) is 14.5 Å². The number of carbonyl (C=O) groups is 1. The van der Waals surface area contributed by atoms with Crippen molar-refractivity contribution in [2.45, 2.75) is 46.1 Å². The minimum atomic E-state index is -2.94. The molecular weight excluding hydrogens is 376 g/mol. The van der Waals surface area contributed by atoms with E-state index < -0.39 is 6.61 Å². The van der Waals surface area contributed by atoms with Gasteiger partial charge >= 0.3 is 6.61 Å². The molecule has 0 atom stereocenters. The highest BCUT2D eigenvalue weighted by Gasteiger charge is 2.15. The van der Waals surface area contributed by atoms with Crippen molar-refractivity contribution in [3.8, 4) is 11.5 Å².